The largest absolute Gasteiger partial charge is 0.466 e. The number of nitrogens with one attached hydrogen (secondary N) is 1. The number of non-ortho nitro benzene ring substituents is 1. The lowest BCUT2D eigenvalue weighted by atomic mass is 9.77. The standard InChI is InChI=1S/C20H24N4O4/c1-11-14(19(25)28-6)15(12-8-7-9-13(10-12)24(26)27)16-17(20(2,3)4)22-23(5)18(16)21-11/h7-10,15,21H,1-6H3. The summed E-state index contributed by atoms with van der Waals surface area (Å²) in [5.41, 5.74) is 3.05. The van der Waals surface area contributed by atoms with E-state index < -0.39 is 16.8 Å². The molecule has 1 aromatic heterocycles. The molecule has 1 aromatic carbocycles. The summed E-state index contributed by atoms with van der Waals surface area (Å²) in [5.74, 6) is -0.228. The molecule has 8 heteroatoms. The molecule has 1 aliphatic heterocycles. The van der Waals surface area contributed by atoms with Crippen molar-refractivity contribution in [3.8, 4) is 0 Å². The Labute approximate surface area is 163 Å². The molecule has 0 radical (unpaired) electrons. The number of hydrogen-bond donors (Lipinski definition) is 1. The average molecular weight is 384 g/mol. The maximum absolute atomic E-state index is 12.7. The maximum atomic E-state index is 12.7. The van der Waals surface area contributed by atoms with Crippen molar-refractivity contribution < 1.29 is 14.5 Å². The second-order valence-corrected chi connectivity index (χ2v) is 7.92. The number of anilines is 1. The van der Waals surface area contributed by atoms with Crippen LogP contribution in [0.3, 0.4) is 0 Å². The van der Waals surface area contributed by atoms with Gasteiger partial charge in [-0.15, -0.1) is 0 Å². The number of benzene rings is 1. The summed E-state index contributed by atoms with van der Waals surface area (Å²) in [7, 11) is 3.17. The fraction of sp³-hybridized carbons (Fsp3) is 0.400. The van der Waals surface area contributed by atoms with E-state index in [9.17, 15) is 14.9 Å². The van der Waals surface area contributed by atoms with Crippen LogP contribution in [-0.4, -0.2) is 27.8 Å². The number of carbonyl (C=O) groups is 1. The van der Waals surface area contributed by atoms with Crippen molar-refractivity contribution >= 4 is 17.5 Å². The van der Waals surface area contributed by atoms with Crippen LogP contribution in [0.15, 0.2) is 35.5 Å². The number of nitro groups is 1. The number of fused-ring (bicyclic) bond motifs is 1. The van der Waals surface area contributed by atoms with E-state index in [4.69, 9.17) is 9.84 Å². The highest BCUT2D eigenvalue weighted by Gasteiger charge is 2.40. The van der Waals surface area contributed by atoms with Crippen molar-refractivity contribution in [3.63, 3.8) is 0 Å². The van der Waals surface area contributed by atoms with Gasteiger partial charge >= 0.3 is 5.97 Å². The zero-order valence-corrected chi connectivity index (χ0v) is 16.9. The number of rotatable bonds is 3. The van der Waals surface area contributed by atoms with Gasteiger partial charge in [0.25, 0.3) is 5.69 Å². The van der Waals surface area contributed by atoms with Gasteiger partial charge in [-0.3, -0.25) is 14.8 Å². The Kier molecular flexibility index (Phi) is 4.74. The second kappa shape index (κ2) is 6.78. The molecule has 0 amide bonds. The molecule has 2 heterocycles. The lowest BCUT2D eigenvalue weighted by molar-refractivity contribution is -0.384. The smallest absolute Gasteiger partial charge is 0.336 e. The fourth-order valence-corrected chi connectivity index (χ4v) is 3.65. The molecule has 0 aliphatic carbocycles. The van der Waals surface area contributed by atoms with E-state index in [2.05, 4.69) is 5.32 Å². The summed E-state index contributed by atoms with van der Waals surface area (Å²) < 4.78 is 6.79. The van der Waals surface area contributed by atoms with Gasteiger partial charge in [-0.1, -0.05) is 32.9 Å². The molecule has 0 spiro atoms. The minimum atomic E-state index is -0.522. The Morgan fingerprint density at radius 3 is 2.61 bits per heavy atom. The van der Waals surface area contributed by atoms with Crippen LogP contribution in [0.2, 0.25) is 0 Å². The van der Waals surface area contributed by atoms with E-state index >= 15 is 0 Å². The van der Waals surface area contributed by atoms with Crippen LogP contribution in [0.5, 0.6) is 0 Å². The highest BCUT2D eigenvalue weighted by atomic mass is 16.6. The summed E-state index contributed by atoms with van der Waals surface area (Å²) in [6.45, 7) is 7.93. The molecule has 1 N–H and O–H groups in total. The number of hydrogen-bond acceptors (Lipinski definition) is 6. The predicted octanol–water partition coefficient (Wildman–Crippen LogP) is 3.63. The molecule has 28 heavy (non-hydrogen) atoms. The van der Waals surface area contributed by atoms with Crippen LogP contribution in [0, 0.1) is 10.1 Å². The van der Waals surface area contributed by atoms with Crippen LogP contribution in [0.1, 0.15) is 50.4 Å². The molecular weight excluding hydrogens is 360 g/mol. The third-order valence-electron chi connectivity index (χ3n) is 4.90. The summed E-state index contributed by atoms with van der Waals surface area (Å²) in [6, 6.07) is 6.37. The summed E-state index contributed by atoms with van der Waals surface area (Å²) in [4.78, 5) is 23.6. The van der Waals surface area contributed by atoms with E-state index in [1.54, 1.807) is 23.7 Å². The van der Waals surface area contributed by atoms with Gasteiger partial charge in [0, 0.05) is 41.8 Å². The quantitative estimate of drug-likeness (QED) is 0.493. The number of carbonyl (C=O) groups excluding carboxylic acids is 1. The molecule has 2 aromatic rings. The van der Waals surface area contributed by atoms with Crippen LogP contribution in [-0.2, 0) is 22.0 Å². The monoisotopic (exact) mass is 384 g/mol. The summed E-state index contributed by atoms with van der Waals surface area (Å²) in [5, 5.41) is 19.3. The highest BCUT2D eigenvalue weighted by Crippen LogP contribution is 2.46. The van der Waals surface area contributed by atoms with Crippen molar-refractivity contribution in [2.45, 2.75) is 39.0 Å². The number of aromatic nitrogens is 2. The molecule has 1 aliphatic rings. The van der Waals surface area contributed by atoms with E-state index in [1.807, 2.05) is 27.8 Å². The zero-order chi connectivity index (χ0) is 20.8. The van der Waals surface area contributed by atoms with Gasteiger partial charge in [-0.05, 0) is 12.5 Å². The second-order valence-electron chi connectivity index (χ2n) is 7.92. The van der Waals surface area contributed by atoms with E-state index in [0.29, 0.717) is 16.8 Å². The third-order valence-corrected chi connectivity index (χ3v) is 4.90. The molecule has 3 rings (SSSR count). The summed E-state index contributed by atoms with van der Waals surface area (Å²) >= 11 is 0. The van der Waals surface area contributed by atoms with E-state index in [0.717, 1.165) is 17.1 Å². The van der Waals surface area contributed by atoms with Gasteiger partial charge < -0.3 is 10.1 Å². The molecule has 0 fully saturated rings. The van der Waals surface area contributed by atoms with Crippen molar-refractivity contribution in [3.05, 3.63) is 62.5 Å². The number of aryl methyl sites for hydroxylation is 1. The number of nitrogens with zero attached hydrogens (tertiary/aromatic N) is 3. The van der Waals surface area contributed by atoms with Crippen LogP contribution in [0.4, 0.5) is 11.5 Å². The van der Waals surface area contributed by atoms with Gasteiger partial charge in [0.05, 0.1) is 23.3 Å². The number of ether oxygens (including phenoxy) is 1. The Balaban J connectivity index is 2.35. The molecule has 1 unspecified atom stereocenters. The molecule has 0 saturated carbocycles. The minimum Gasteiger partial charge on any atom is -0.466 e. The Hall–Kier alpha value is -3.16. The van der Waals surface area contributed by atoms with Crippen molar-refractivity contribution in [1.29, 1.82) is 0 Å². The number of nitro benzene ring substituents is 1. The lowest BCUT2D eigenvalue weighted by Gasteiger charge is -2.30. The molecule has 0 saturated heterocycles. The van der Waals surface area contributed by atoms with Crippen molar-refractivity contribution in [2.24, 2.45) is 7.05 Å². The van der Waals surface area contributed by atoms with Crippen LogP contribution in [0.25, 0.3) is 0 Å². The average Bonchev–Trinajstić information content (AvgIpc) is 2.96. The Morgan fingerprint density at radius 2 is 2.04 bits per heavy atom. The summed E-state index contributed by atoms with van der Waals surface area (Å²) in [6.07, 6.45) is 0. The highest BCUT2D eigenvalue weighted by molar-refractivity contribution is 5.94. The zero-order valence-electron chi connectivity index (χ0n) is 16.9. The first-order valence-electron chi connectivity index (χ1n) is 8.94. The van der Waals surface area contributed by atoms with Crippen LogP contribution < -0.4 is 5.32 Å². The number of methoxy groups -OCH3 is 1. The lowest BCUT2D eigenvalue weighted by Crippen LogP contribution is -2.26. The Bertz CT molecular complexity index is 998. The van der Waals surface area contributed by atoms with E-state index in [-0.39, 0.29) is 11.1 Å². The molecule has 0 bridgehead atoms. The topological polar surface area (TPSA) is 99.3 Å². The Morgan fingerprint density at radius 1 is 1.36 bits per heavy atom. The molecule has 1 atom stereocenters. The van der Waals surface area contributed by atoms with Gasteiger partial charge in [0.2, 0.25) is 0 Å². The normalized spacial score (nSPS) is 16.4. The molecular formula is C20H24N4O4. The number of esters is 1. The predicted molar refractivity (Wildman–Crippen MR) is 105 cm³/mol. The van der Waals surface area contributed by atoms with Crippen LogP contribution >= 0.6 is 0 Å². The minimum absolute atomic E-state index is 0.0272. The van der Waals surface area contributed by atoms with Crippen molar-refractivity contribution in [2.75, 3.05) is 12.4 Å². The fourth-order valence-electron chi connectivity index (χ4n) is 3.65. The van der Waals surface area contributed by atoms with Gasteiger partial charge in [-0.2, -0.15) is 5.10 Å². The SMILES string of the molecule is COC(=O)C1=C(C)Nc2c(c(C(C)(C)C)nn2C)C1c1cccc([N+](=O)[O-])c1. The maximum Gasteiger partial charge on any atom is 0.336 e. The molecule has 8 nitrogen and oxygen atoms in total. The van der Waals surface area contributed by atoms with Gasteiger partial charge in [-0.25, -0.2) is 4.79 Å². The van der Waals surface area contributed by atoms with Gasteiger partial charge in [0.1, 0.15) is 5.82 Å². The first kappa shape index (κ1) is 19.6. The number of allylic oxidation sites excluding steroid dienone is 1. The van der Waals surface area contributed by atoms with E-state index in [1.165, 1.54) is 19.2 Å². The first-order valence-corrected chi connectivity index (χ1v) is 8.94. The first-order chi connectivity index (χ1) is 13.1. The third kappa shape index (κ3) is 3.15. The van der Waals surface area contributed by atoms with Crippen molar-refractivity contribution in [1.82, 2.24) is 9.78 Å². The molecule has 148 valence electrons. The van der Waals surface area contributed by atoms with Gasteiger partial charge in [0.15, 0.2) is 0 Å².